The van der Waals surface area contributed by atoms with Crippen LogP contribution >= 0.6 is 0 Å². The first-order valence-electron chi connectivity index (χ1n) is 10.7. The number of rotatable bonds is 3. The third kappa shape index (κ3) is 5.35. The molecule has 0 aromatic heterocycles. The zero-order valence-electron chi connectivity index (χ0n) is 19.1. The first-order valence-corrected chi connectivity index (χ1v) is 10.7. The van der Waals surface area contributed by atoms with Gasteiger partial charge in [0.1, 0.15) is 22.3 Å². The zero-order valence-corrected chi connectivity index (χ0v) is 19.1. The number of nitrogens with zero attached hydrogens (tertiary/aromatic N) is 1. The summed E-state index contributed by atoms with van der Waals surface area (Å²) in [6, 6.07) is -0.0580. The Bertz CT molecular complexity index is 863. The predicted molar refractivity (Wildman–Crippen MR) is 112 cm³/mol. The molecule has 0 saturated heterocycles. The van der Waals surface area contributed by atoms with Crippen molar-refractivity contribution in [3.8, 4) is 0 Å². The normalized spacial score (nSPS) is 25.7. The Hall–Kier alpha value is -2.64. The molecule has 0 bridgehead atoms. The molecule has 2 heterocycles. The monoisotopic (exact) mass is 433 g/mol. The molecule has 1 spiro atoms. The lowest BCUT2D eigenvalue weighted by molar-refractivity contribution is -0.169. The molecule has 2 aliphatic heterocycles. The summed E-state index contributed by atoms with van der Waals surface area (Å²) in [5, 5.41) is 0. The number of esters is 3. The van der Waals surface area contributed by atoms with Gasteiger partial charge in [0, 0.05) is 12.2 Å². The summed E-state index contributed by atoms with van der Waals surface area (Å²) in [4.78, 5) is 43.0. The zero-order chi connectivity index (χ0) is 23.0. The summed E-state index contributed by atoms with van der Waals surface area (Å²) in [7, 11) is 0. The van der Waals surface area contributed by atoms with E-state index in [2.05, 4.69) is 4.99 Å². The van der Waals surface area contributed by atoms with E-state index in [1.807, 2.05) is 0 Å². The molecule has 1 fully saturated rings. The minimum Gasteiger partial charge on any atom is -0.456 e. The van der Waals surface area contributed by atoms with Crippen molar-refractivity contribution in [2.45, 2.75) is 96.7 Å². The Labute approximate surface area is 182 Å². The van der Waals surface area contributed by atoms with Gasteiger partial charge < -0.3 is 18.9 Å². The highest BCUT2D eigenvalue weighted by Crippen LogP contribution is 2.41. The lowest BCUT2D eigenvalue weighted by Crippen LogP contribution is -2.37. The van der Waals surface area contributed by atoms with Crippen LogP contribution in [0.25, 0.3) is 0 Å². The molecule has 0 amide bonds. The Morgan fingerprint density at radius 1 is 0.968 bits per heavy atom. The summed E-state index contributed by atoms with van der Waals surface area (Å²) in [6.45, 7) is 10.3. The molecule has 1 atom stereocenters. The molecule has 1 unspecified atom stereocenters. The average Bonchev–Trinajstić information content (AvgIpc) is 3.12. The van der Waals surface area contributed by atoms with E-state index in [1.54, 1.807) is 41.5 Å². The number of carbonyl (C=O) groups is 3. The first kappa shape index (κ1) is 23.0. The van der Waals surface area contributed by atoms with Gasteiger partial charge in [0.05, 0.1) is 6.04 Å². The Morgan fingerprint density at radius 3 is 2.06 bits per heavy atom. The molecular formula is C23H31NO7. The fraction of sp³-hybridized carbons (Fsp3) is 0.652. The lowest BCUT2D eigenvalue weighted by atomic mass is 9.96. The van der Waals surface area contributed by atoms with E-state index in [4.69, 9.17) is 18.9 Å². The van der Waals surface area contributed by atoms with Crippen LogP contribution in [0.5, 0.6) is 0 Å². The van der Waals surface area contributed by atoms with Gasteiger partial charge in [0.2, 0.25) is 5.90 Å². The SMILES string of the molecule is CC(C)(C)OC(=O)C1=C(C(=O)OC(C)(C)C)C2(C=CC(=O)O2)OC1=NC1CCCCC1. The van der Waals surface area contributed by atoms with Crippen molar-refractivity contribution in [2.24, 2.45) is 4.99 Å². The minimum atomic E-state index is -1.89. The third-order valence-electron chi connectivity index (χ3n) is 4.83. The highest BCUT2D eigenvalue weighted by molar-refractivity contribution is 6.24. The quantitative estimate of drug-likeness (QED) is 0.496. The molecule has 0 aromatic rings. The van der Waals surface area contributed by atoms with E-state index in [0.29, 0.717) is 0 Å². The Balaban J connectivity index is 2.14. The summed E-state index contributed by atoms with van der Waals surface area (Å²) in [5.74, 6) is -4.25. The van der Waals surface area contributed by atoms with Gasteiger partial charge in [-0.15, -0.1) is 0 Å². The Kier molecular flexibility index (Phi) is 6.04. The molecule has 31 heavy (non-hydrogen) atoms. The number of hydrogen-bond acceptors (Lipinski definition) is 8. The van der Waals surface area contributed by atoms with E-state index in [1.165, 1.54) is 6.08 Å². The van der Waals surface area contributed by atoms with Crippen molar-refractivity contribution in [3.05, 3.63) is 23.3 Å². The topological polar surface area (TPSA) is 100 Å². The molecule has 3 rings (SSSR count). The van der Waals surface area contributed by atoms with Crippen LogP contribution in [0.4, 0.5) is 0 Å². The first-order chi connectivity index (χ1) is 14.3. The van der Waals surface area contributed by atoms with Crippen LogP contribution in [-0.4, -0.2) is 46.8 Å². The van der Waals surface area contributed by atoms with E-state index < -0.39 is 34.9 Å². The molecule has 170 valence electrons. The number of hydrogen-bond donors (Lipinski definition) is 0. The maximum absolute atomic E-state index is 13.2. The second kappa shape index (κ2) is 8.13. The fourth-order valence-electron chi connectivity index (χ4n) is 3.67. The van der Waals surface area contributed by atoms with Gasteiger partial charge in [-0.25, -0.2) is 19.4 Å². The fourth-order valence-corrected chi connectivity index (χ4v) is 3.67. The highest BCUT2D eigenvalue weighted by atomic mass is 16.7. The number of carbonyl (C=O) groups excluding carboxylic acids is 3. The van der Waals surface area contributed by atoms with E-state index in [-0.39, 0.29) is 23.1 Å². The third-order valence-corrected chi connectivity index (χ3v) is 4.83. The van der Waals surface area contributed by atoms with Crippen LogP contribution in [0.2, 0.25) is 0 Å². The van der Waals surface area contributed by atoms with Crippen LogP contribution in [0, 0.1) is 0 Å². The van der Waals surface area contributed by atoms with Crippen molar-refractivity contribution in [2.75, 3.05) is 0 Å². The van der Waals surface area contributed by atoms with E-state index in [9.17, 15) is 14.4 Å². The lowest BCUT2D eigenvalue weighted by Gasteiger charge is -2.26. The van der Waals surface area contributed by atoms with Crippen molar-refractivity contribution in [1.29, 1.82) is 0 Å². The van der Waals surface area contributed by atoms with Crippen LogP contribution in [0.1, 0.15) is 73.6 Å². The average molecular weight is 434 g/mol. The van der Waals surface area contributed by atoms with Gasteiger partial charge in [0.25, 0.3) is 0 Å². The molecule has 0 radical (unpaired) electrons. The van der Waals surface area contributed by atoms with Crippen LogP contribution in [-0.2, 0) is 33.3 Å². The second-order valence-corrected chi connectivity index (χ2v) is 10.0. The Morgan fingerprint density at radius 2 is 1.55 bits per heavy atom. The summed E-state index contributed by atoms with van der Waals surface area (Å²) in [5.41, 5.74) is -2.06. The van der Waals surface area contributed by atoms with Gasteiger partial charge >= 0.3 is 23.7 Å². The van der Waals surface area contributed by atoms with Crippen molar-refractivity contribution in [1.82, 2.24) is 0 Å². The van der Waals surface area contributed by atoms with E-state index >= 15 is 0 Å². The smallest absolute Gasteiger partial charge is 0.345 e. The van der Waals surface area contributed by atoms with Crippen LogP contribution in [0.3, 0.4) is 0 Å². The molecule has 3 aliphatic rings. The maximum atomic E-state index is 13.2. The second-order valence-electron chi connectivity index (χ2n) is 10.0. The standard InChI is InChI=1S/C23H31NO7/c1-21(2,3)30-19(26)16-17(20(27)31-22(4,5)6)23(13-12-15(25)28-23)29-18(16)24-14-10-8-7-9-11-14/h12-14H,7-11H2,1-6H3. The van der Waals surface area contributed by atoms with Gasteiger partial charge in [-0.2, -0.15) is 0 Å². The number of aliphatic imine (C=N–C) groups is 1. The maximum Gasteiger partial charge on any atom is 0.345 e. The molecular weight excluding hydrogens is 402 g/mol. The molecule has 8 heteroatoms. The molecule has 0 aromatic carbocycles. The van der Waals surface area contributed by atoms with Gasteiger partial charge in [-0.3, -0.25) is 0 Å². The summed E-state index contributed by atoms with van der Waals surface area (Å²) in [6.07, 6.45) is 7.32. The predicted octanol–water partition coefficient (Wildman–Crippen LogP) is 3.54. The number of ether oxygens (including phenoxy) is 4. The largest absolute Gasteiger partial charge is 0.456 e. The molecule has 0 N–H and O–H groups in total. The van der Waals surface area contributed by atoms with Gasteiger partial charge in [-0.1, -0.05) is 19.3 Å². The van der Waals surface area contributed by atoms with Crippen LogP contribution < -0.4 is 0 Å². The minimum absolute atomic E-state index is 0.0543. The van der Waals surface area contributed by atoms with E-state index in [0.717, 1.165) is 38.2 Å². The van der Waals surface area contributed by atoms with Crippen LogP contribution in [0.15, 0.2) is 28.3 Å². The van der Waals surface area contributed by atoms with Crippen molar-refractivity contribution in [3.63, 3.8) is 0 Å². The summed E-state index contributed by atoms with van der Waals surface area (Å²) >= 11 is 0. The summed E-state index contributed by atoms with van der Waals surface area (Å²) < 4.78 is 22.4. The van der Waals surface area contributed by atoms with Crippen molar-refractivity contribution < 1.29 is 33.3 Å². The molecule has 8 nitrogen and oxygen atoms in total. The van der Waals surface area contributed by atoms with Gasteiger partial charge in [-0.05, 0) is 54.4 Å². The van der Waals surface area contributed by atoms with Gasteiger partial charge in [0.15, 0.2) is 0 Å². The molecule has 1 aliphatic carbocycles. The molecule has 1 saturated carbocycles. The van der Waals surface area contributed by atoms with Crippen molar-refractivity contribution >= 4 is 23.8 Å². The highest BCUT2D eigenvalue weighted by Gasteiger charge is 2.57.